The van der Waals surface area contributed by atoms with Crippen LogP contribution in [-0.4, -0.2) is 296 Å². The number of hydrogen-bond acceptors (Lipinski definition) is 38. The van der Waals surface area contributed by atoms with E-state index in [1.54, 1.807) is 0 Å². The Morgan fingerprint density at radius 3 is 0.463 bits per heavy atom. The maximum absolute atomic E-state index is 12.8. The molecule has 0 aliphatic carbocycles. The minimum atomic E-state index is -4.82. The van der Waals surface area contributed by atoms with Gasteiger partial charge in [-0.3, -0.25) is 0 Å². The van der Waals surface area contributed by atoms with Gasteiger partial charge in [0, 0.05) is 0 Å². The molecule has 38 nitrogen and oxygen atoms in total. The van der Waals surface area contributed by atoms with Crippen molar-refractivity contribution in [2.24, 2.45) is 0 Å². The molecular weight excluding hydrogens is 1720 g/mol. The van der Waals surface area contributed by atoms with Gasteiger partial charge < -0.3 is 169 Å². The Morgan fingerprint density at radius 2 is 0.350 bits per heavy atom. The van der Waals surface area contributed by atoms with Gasteiger partial charge in [0.1, 0.15) is 0 Å². The molecule has 0 rings (SSSR count). The minimum Gasteiger partial charge on any atom is -0.574 e. The zero-order valence-electron chi connectivity index (χ0n) is 37.9. The van der Waals surface area contributed by atoms with Crippen molar-refractivity contribution in [1.82, 2.24) is 0 Å². The Balaban J connectivity index is 5.96. The first-order chi connectivity index (χ1) is 36.4. The van der Waals surface area contributed by atoms with E-state index < -0.39 is 296 Å². The van der Waals surface area contributed by atoms with Crippen LogP contribution in [0.5, 0.6) is 0 Å². The summed E-state index contributed by atoms with van der Waals surface area (Å²) in [6, 6.07) is 0. The molecule has 406 valence electrons. The van der Waals surface area contributed by atoms with E-state index in [4.69, 9.17) is 4.12 Å². The third-order valence-corrected chi connectivity index (χ3v) is 291. The van der Waals surface area contributed by atoms with Gasteiger partial charge in [-0.05, 0) is 13.1 Å². The second-order valence-electron chi connectivity index (χ2n) is 13.9. The molecule has 76 heteroatoms. The van der Waals surface area contributed by atoms with Gasteiger partial charge in [0.15, 0.2) is 0 Å². The molecule has 0 spiro atoms. The van der Waals surface area contributed by atoms with Crippen LogP contribution in [0, 0.1) is 0 Å². The van der Waals surface area contributed by atoms with Crippen LogP contribution in [0.4, 0.5) is 0 Å². The lowest BCUT2D eigenvalue weighted by atomic mass is 11.3. The SMILES string of the molecule is C=C[Si](C)(C)O[Si](=O)[Si](=O)[Si](=O)[Si](=O)[Si](=O)[Si](=O)[Si](=O)[Si](=O)[Si](=O)[Si](=O)[Si](=O)[Si](=O)[Si](=O)[Si](=O)[Si](=O)[Si](=O)[Si](=O)[Si](=O)[Si](=O)[Si](=O)[Si](=O)[Si](=O)[Si](=O)[Si](=O)[Si](=O)[Si](=O)[Si](=O)[Si](=O)[Si](=O)[Si](=O)[Si](=O)[Si](=O)[Si](=O)[Si](=O)[Si](=O)[Si](=O)[SiH]=O. The average Bonchev–Trinajstić information content (AvgIpc) is 3.45. The van der Waals surface area contributed by atoms with Crippen molar-refractivity contribution in [3.05, 3.63) is 12.3 Å². The normalized spacial score (nSPS) is 10.0. The Kier molecular flexibility index (Phi) is 35.6. The molecule has 0 radical (unpaired) electrons. The summed E-state index contributed by atoms with van der Waals surface area (Å²) < 4.78 is 468. The predicted molar refractivity (Wildman–Crippen MR) is 268 cm³/mol. The molecule has 0 aliphatic rings. The molecule has 0 saturated heterocycles. The van der Waals surface area contributed by atoms with Crippen molar-refractivity contribution in [3.8, 4) is 0 Å². The summed E-state index contributed by atoms with van der Waals surface area (Å²) >= 11 is 0. The highest BCUT2D eigenvalue weighted by Gasteiger charge is 2.59. The van der Waals surface area contributed by atoms with Gasteiger partial charge in [0.25, 0.3) is 8.32 Å². The molecule has 0 N–H and O–H groups in total. The predicted octanol–water partition coefficient (Wildman–Crippen LogP) is -17.4. The van der Waals surface area contributed by atoms with Gasteiger partial charge in [-0.15, -0.1) is 6.58 Å². The third kappa shape index (κ3) is 20.8. The first kappa shape index (κ1) is 80.4. The van der Waals surface area contributed by atoms with E-state index in [1.165, 1.54) is 18.8 Å². The van der Waals surface area contributed by atoms with E-state index >= 15 is 0 Å². The van der Waals surface area contributed by atoms with Crippen molar-refractivity contribution in [1.29, 1.82) is 0 Å². The van der Waals surface area contributed by atoms with Gasteiger partial charge in [-0.1, -0.05) is 5.70 Å². The summed E-state index contributed by atoms with van der Waals surface area (Å²) in [6.07, 6.45) is 0. The Bertz CT molecular complexity index is 3540. The zero-order valence-corrected chi connectivity index (χ0v) is 76.0. The molecular formula is C4H10O38Si38. The van der Waals surface area contributed by atoms with Crippen LogP contribution < -0.4 is 0 Å². The largest absolute Gasteiger partial charge is 0.574 e. The summed E-state index contributed by atoms with van der Waals surface area (Å²) in [5, 5.41) is 0. The molecule has 0 fully saturated rings. The fourth-order valence-corrected chi connectivity index (χ4v) is 423. The lowest BCUT2D eigenvalue weighted by Gasteiger charge is -2.17. The maximum Gasteiger partial charge on any atom is 0.532 e. The molecule has 0 aromatic carbocycles. The van der Waals surface area contributed by atoms with Crippen LogP contribution in [0.1, 0.15) is 0 Å². The van der Waals surface area contributed by atoms with Crippen LogP contribution in [0.15, 0.2) is 12.3 Å². The quantitative estimate of drug-likeness (QED) is 0.0516. The second-order valence-corrected chi connectivity index (χ2v) is 193. The lowest BCUT2D eigenvalue weighted by Crippen LogP contribution is -2.58. The summed E-state index contributed by atoms with van der Waals surface area (Å²) in [5.74, 6) is 0. The van der Waals surface area contributed by atoms with Crippen molar-refractivity contribution in [2.45, 2.75) is 13.1 Å². The Labute approximate surface area is 484 Å². The summed E-state index contributed by atoms with van der Waals surface area (Å²) in [6.45, 7) is 6.16. The molecule has 0 amide bonds. The molecule has 0 aromatic rings. The summed E-state index contributed by atoms with van der Waals surface area (Å²) in [7, 11) is -169. The van der Waals surface area contributed by atoms with Crippen LogP contribution >= 0.6 is 0 Å². The fourth-order valence-electron chi connectivity index (χ4n) is 3.88. The zero-order chi connectivity index (χ0) is 63.4. The molecule has 0 saturated carbocycles. The van der Waals surface area contributed by atoms with Crippen molar-refractivity contribution in [2.75, 3.05) is 0 Å². The van der Waals surface area contributed by atoms with E-state index in [9.17, 15) is 165 Å². The van der Waals surface area contributed by atoms with E-state index in [0.29, 0.717) is 0 Å². The minimum absolute atomic E-state index is 1.20. The highest BCUT2D eigenvalue weighted by molar-refractivity contribution is 7.85. The third-order valence-electron chi connectivity index (χ3n) is 8.17. The van der Waals surface area contributed by atoms with E-state index in [0.717, 1.165) is 0 Å². The highest BCUT2D eigenvalue weighted by Crippen LogP contribution is 2.04. The topological polar surface area (TPSA) is 641 Å². The van der Waals surface area contributed by atoms with Gasteiger partial charge in [0.05, 0.1) is 0 Å². The van der Waals surface area contributed by atoms with Gasteiger partial charge in [0.2, 0.25) is 0 Å². The molecule has 0 aromatic heterocycles. The van der Waals surface area contributed by atoms with Crippen molar-refractivity contribution < 1.29 is 169 Å². The molecule has 0 aliphatic heterocycles. The maximum atomic E-state index is 12.8. The monoisotopic (exact) mass is 1730 g/mol. The van der Waals surface area contributed by atoms with Crippen LogP contribution in [-0.2, 0) is 169 Å². The first-order valence-corrected chi connectivity index (χ1v) is 110. The van der Waals surface area contributed by atoms with Crippen LogP contribution in [0.25, 0.3) is 0 Å². The molecule has 0 unspecified atom stereocenters. The smallest absolute Gasteiger partial charge is 0.532 e. The van der Waals surface area contributed by atoms with Crippen LogP contribution in [0.3, 0.4) is 0 Å². The standard InChI is InChI=1S/C4H10O38Si38/c1-4-80(2,3)42-44(6)46(8)48(10)50(12)52(14)54(16)56(18)58(20)60(22)62(24)64(26)66(28)68(30)70(32)72(34)74(36)76(38)78(40)79(41)77(39)75(37)73(35)71(33)69(31)67(29)65(27)63(25)61(23)59(21)57(19)55(17)53(15)51(13)49(11)47(9)45(7)43-5/h4,43H,1H2,2-3H3. The average molecular weight is 1730 g/mol. The van der Waals surface area contributed by atoms with Gasteiger partial charge in [-0.2, -0.15) is 0 Å². The van der Waals surface area contributed by atoms with Crippen LogP contribution in [0.2, 0.25) is 13.1 Å². The number of rotatable bonds is 39. The molecule has 80 heavy (non-hydrogen) atoms. The van der Waals surface area contributed by atoms with E-state index in [2.05, 4.69) is 6.58 Å². The number of hydrogen-bond donors (Lipinski definition) is 0. The molecule has 0 heterocycles. The summed E-state index contributed by atoms with van der Waals surface area (Å²) in [4.78, 5) is 0. The summed E-state index contributed by atoms with van der Waals surface area (Å²) in [5.41, 5.74) is 1.20. The van der Waals surface area contributed by atoms with E-state index in [1.807, 2.05) is 0 Å². The van der Waals surface area contributed by atoms with Crippen molar-refractivity contribution >= 4 is 296 Å². The van der Waals surface area contributed by atoms with Gasteiger partial charge >= 0.3 is 288 Å². The molecule has 0 bridgehead atoms. The lowest BCUT2D eigenvalue weighted by molar-refractivity contribution is 0.464. The van der Waals surface area contributed by atoms with Crippen molar-refractivity contribution in [3.63, 3.8) is 0 Å². The van der Waals surface area contributed by atoms with E-state index in [-0.39, 0.29) is 0 Å². The van der Waals surface area contributed by atoms with Gasteiger partial charge in [-0.25, -0.2) is 0 Å². The fraction of sp³-hybridized carbons (Fsp3) is 0.500. The highest BCUT2D eigenvalue weighted by atomic mass is 30.1. The Hall–Kier alpha value is 0.382. The molecule has 0 atom stereocenters. The first-order valence-electron chi connectivity index (χ1n) is 18.7. The second kappa shape index (κ2) is 35.4. The Morgan fingerprint density at radius 1 is 0.237 bits per heavy atom.